The maximum atomic E-state index is 14.0. The molecule has 15 heteroatoms. The van der Waals surface area contributed by atoms with Gasteiger partial charge >= 0.3 is 23.9 Å². The van der Waals surface area contributed by atoms with Crippen LogP contribution in [-0.4, -0.2) is 110 Å². The summed E-state index contributed by atoms with van der Waals surface area (Å²) >= 11 is 0. The molecule has 4 fully saturated rings. The van der Waals surface area contributed by atoms with Crippen LogP contribution in [0.25, 0.3) is 24.3 Å². The maximum absolute atomic E-state index is 14.0. The van der Waals surface area contributed by atoms with E-state index in [9.17, 15) is 19.2 Å². The molecule has 4 saturated heterocycles. The molecule has 0 N–H and O–H groups in total. The summed E-state index contributed by atoms with van der Waals surface area (Å²) in [6.07, 6.45) is 0.927. The first kappa shape index (κ1) is 48.9. The van der Waals surface area contributed by atoms with Crippen molar-refractivity contribution in [2.24, 2.45) is 0 Å². The summed E-state index contributed by atoms with van der Waals surface area (Å²) in [5, 5.41) is 0. The number of esters is 4. The van der Waals surface area contributed by atoms with E-state index in [0.29, 0.717) is 11.1 Å². The largest absolute Gasteiger partial charge is 0.460 e. The van der Waals surface area contributed by atoms with E-state index in [1.807, 2.05) is 97.1 Å². The molecule has 0 unspecified atom stereocenters. The van der Waals surface area contributed by atoms with Gasteiger partial charge in [0.05, 0.1) is 6.61 Å². The Kier molecular flexibility index (Phi) is 15.5. The predicted molar refractivity (Wildman–Crippen MR) is 250 cm³/mol. The number of hydrogen-bond donors (Lipinski definition) is 0. The third kappa shape index (κ3) is 13.0. The van der Waals surface area contributed by atoms with Crippen LogP contribution in [0, 0.1) is 0 Å². The van der Waals surface area contributed by atoms with Crippen molar-refractivity contribution in [3.8, 4) is 0 Å². The summed E-state index contributed by atoms with van der Waals surface area (Å²) < 4.78 is 69.9. The molecule has 4 aromatic rings. The zero-order chi connectivity index (χ0) is 48.4. The lowest BCUT2D eigenvalue weighted by Crippen LogP contribution is -2.70. The Balaban J connectivity index is 1.16. The predicted octanol–water partition coefficient (Wildman–Crippen LogP) is 7.26. The molecule has 69 heavy (non-hydrogen) atoms. The van der Waals surface area contributed by atoms with E-state index in [0.717, 1.165) is 11.1 Å². The van der Waals surface area contributed by atoms with Gasteiger partial charge in [-0.2, -0.15) is 0 Å². The molecule has 0 radical (unpaired) electrons. The Labute approximate surface area is 400 Å². The quantitative estimate of drug-likeness (QED) is 0.0745. The van der Waals surface area contributed by atoms with Gasteiger partial charge in [0.25, 0.3) is 0 Å². The Bertz CT molecular complexity index is 2510. The fraction of sp³-hybridized carbons (Fsp3) is 0.333. The number of hydrogen-bond acceptors (Lipinski definition) is 15. The van der Waals surface area contributed by atoms with Crippen LogP contribution in [0.1, 0.15) is 49.9 Å². The molecule has 4 aromatic carbocycles. The minimum Gasteiger partial charge on any atom is -0.460 e. The van der Waals surface area contributed by atoms with E-state index in [1.54, 1.807) is 76.3 Å². The van der Waals surface area contributed by atoms with Crippen LogP contribution in [0.5, 0.6) is 0 Å². The summed E-state index contributed by atoms with van der Waals surface area (Å²) in [6, 6.07) is 36.5. The normalized spacial score (nSPS) is 28.4. The molecule has 9 atom stereocenters. The zero-order valence-corrected chi connectivity index (χ0v) is 38.5. The summed E-state index contributed by atoms with van der Waals surface area (Å²) in [6.45, 7) is 5.65. The van der Waals surface area contributed by atoms with Crippen molar-refractivity contribution < 1.29 is 71.3 Å². The zero-order valence-electron chi connectivity index (χ0n) is 38.5. The van der Waals surface area contributed by atoms with E-state index < -0.39 is 103 Å². The average molecular weight is 943 g/mol. The minimum atomic E-state index is -2.19. The second-order valence-corrected chi connectivity index (χ2v) is 17.5. The van der Waals surface area contributed by atoms with Crippen molar-refractivity contribution in [3.05, 3.63) is 168 Å². The highest BCUT2D eigenvalue weighted by Crippen LogP contribution is 2.45. The van der Waals surface area contributed by atoms with Gasteiger partial charge in [-0.05, 0) is 74.3 Å². The first-order valence-corrected chi connectivity index (χ1v) is 22.6. The van der Waals surface area contributed by atoms with Gasteiger partial charge in [-0.1, -0.05) is 121 Å². The summed E-state index contributed by atoms with van der Waals surface area (Å²) in [4.78, 5) is 54.9. The second-order valence-electron chi connectivity index (χ2n) is 17.5. The van der Waals surface area contributed by atoms with Crippen LogP contribution in [0.15, 0.2) is 146 Å². The summed E-state index contributed by atoms with van der Waals surface area (Å²) in [5.74, 6) is -7.99. The molecule has 0 bridgehead atoms. The minimum absolute atomic E-state index is 0.0162. The van der Waals surface area contributed by atoms with Gasteiger partial charge in [0, 0.05) is 24.3 Å². The van der Waals surface area contributed by atoms with E-state index in [-0.39, 0.29) is 6.61 Å². The fourth-order valence-electron chi connectivity index (χ4n) is 8.13. The number of ether oxygens (including phenoxy) is 11. The molecule has 8 rings (SSSR count). The van der Waals surface area contributed by atoms with E-state index in [4.69, 9.17) is 52.1 Å². The van der Waals surface area contributed by atoms with Gasteiger partial charge in [-0.3, -0.25) is 0 Å². The highest BCUT2D eigenvalue weighted by atomic mass is 16.9. The lowest BCUT2D eigenvalue weighted by atomic mass is 9.96. The molecule has 0 saturated carbocycles. The SMILES string of the molecule is CC1(C)OC[C@@]2(O[C@H]3O[C@@H]4COC(C)(C)O[C@H]4[C@H](OC(=O)/C=C/c4ccccc4)[C@H]3O1)O[C@H](COC(=O)/C=C/c1ccccc1)[C@@H](OC(=O)/C=C/c1ccccc1)[C@@H]2OC(=O)/C=C/c1ccccc1. The molecular formula is C54H54O15. The number of benzene rings is 4. The molecule has 4 aliphatic heterocycles. The van der Waals surface area contributed by atoms with E-state index >= 15 is 0 Å². The van der Waals surface area contributed by atoms with Gasteiger partial charge in [0.15, 0.2) is 42.3 Å². The fourth-order valence-corrected chi connectivity index (χ4v) is 8.13. The number of carbonyl (C=O) groups is 4. The van der Waals surface area contributed by atoms with Crippen LogP contribution in [0.4, 0.5) is 0 Å². The first-order chi connectivity index (χ1) is 33.2. The van der Waals surface area contributed by atoms with Crippen LogP contribution < -0.4 is 0 Å². The van der Waals surface area contributed by atoms with Gasteiger partial charge in [0.2, 0.25) is 5.79 Å². The van der Waals surface area contributed by atoms with E-state index in [1.165, 1.54) is 24.3 Å². The van der Waals surface area contributed by atoms with Gasteiger partial charge in [-0.15, -0.1) is 0 Å². The Morgan fingerprint density at radius 1 is 0.522 bits per heavy atom. The second kappa shape index (κ2) is 21.8. The standard InChI is InChI=1S/C54H54O15/c1-52(2)60-34-40-46(67-52)48(64-44(57)31-27-38-21-13-7-14-22-38)49-51(62-40)69-54(35-61-53(3,4)68-49)50(65-45(58)32-28-39-23-15-8-16-24-39)47(63-43(56)30-26-37-19-11-6-12-20-37)41(66-54)33-59-42(55)29-25-36-17-9-5-10-18-36/h5-32,40-41,46-51H,33-35H2,1-4H3/b29-25+,30-26+,31-27+,32-28+/t40-,41-,46-,47-,48+,49-,50+,51-,54+/m1/s1. The molecule has 0 amide bonds. The third-order valence-corrected chi connectivity index (χ3v) is 11.4. The number of fused-ring (bicyclic) bond motifs is 2. The molecule has 0 aromatic heterocycles. The Morgan fingerprint density at radius 3 is 1.46 bits per heavy atom. The first-order valence-electron chi connectivity index (χ1n) is 22.6. The molecular weight excluding hydrogens is 889 g/mol. The number of carbonyl (C=O) groups excluding carboxylic acids is 4. The van der Waals surface area contributed by atoms with Gasteiger partial charge in [-0.25, -0.2) is 19.2 Å². The molecule has 0 aliphatic carbocycles. The monoisotopic (exact) mass is 942 g/mol. The summed E-state index contributed by atoms with van der Waals surface area (Å²) in [5.41, 5.74) is 2.92. The highest BCUT2D eigenvalue weighted by Gasteiger charge is 2.66. The van der Waals surface area contributed by atoms with Crippen LogP contribution in [-0.2, 0) is 71.3 Å². The van der Waals surface area contributed by atoms with E-state index in [2.05, 4.69) is 0 Å². The van der Waals surface area contributed by atoms with Crippen LogP contribution in [0.2, 0.25) is 0 Å². The summed E-state index contributed by atoms with van der Waals surface area (Å²) in [7, 11) is 0. The van der Waals surface area contributed by atoms with Crippen LogP contribution in [0.3, 0.4) is 0 Å². The Morgan fingerprint density at radius 2 is 0.957 bits per heavy atom. The maximum Gasteiger partial charge on any atom is 0.331 e. The van der Waals surface area contributed by atoms with Crippen molar-refractivity contribution >= 4 is 48.2 Å². The third-order valence-electron chi connectivity index (χ3n) is 11.4. The topological polar surface area (TPSA) is 170 Å². The molecule has 15 nitrogen and oxygen atoms in total. The molecule has 360 valence electrons. The van der Waals surface area contributed by atoms with Crippen molar-refractivity contribution in [1.29, 1.82) is 0 Å². The van der Waals surface area contributed by atoms with Crippen molar-refractivity contribution in [1.82, 2.24) is 0 Å². The van der Waals surface area contributed by atoms with Gasteiger partial charge in [0.1, 0.15) is 31.5 Å². The van der Waals surface area contributed by atoms with Crippen LogP contribution >= 0.6 is 0 Å². The van der Waals surface area contributed by atoms with Crippen molar-refractivity contribution in [2.45, 2.75) is 94.1 Å². The van der Waals surface area contributed by atoms with Crippen molar-refractivity contribution in [3.63, 3.8) is 0 Å². The molecule has 4 aliphatic rings. The molecule has 1 spiro atoms. The number of rotatable bonds is 13. The lowest BCUT2D eigenvalue weighted by molar-refractivity contribution is -0.454. The van der Waals surface area contributed by atoms with Gasteiger partial charge < -0.3 is 52.1 Å². The molecule has 4 heterocycles. The van der Waals surface area contributed by atoms with Crippen molar-refractivity contribution in [2.75, 3.05) is 19.8 Å². The smallest absolute Gasteiger partial charge is 0.331 e. The lowest BCUT2D eigenvalue weighted by Gasteiger charge is -2.53. The highest BCUT2D eigenvalue weighted by molar-refractivity contribution is 5.89. The Hall–Kier alpha value is -6.56. The average Bonchev–Trinajstić information content (AvgIpc) is 3.62.